The lowest BCUT2D eigenvalue weighted by atomic mass is 9.94. The van der Waals surface area contributed by atoms with Gasteiger partial charge in [-0.3, -0.25) is 0 Å². The van der Waals surface area contributed by atoms with Gasteiger partial charge in [0.25, 0.3) is 0 Å². The van der Waals surface area contributed by atoms with Crippen LogP contribution in [0, 0.1) is 18.3 Å². The van der Waals surface area contributed by atoms with E-state index in [1.165, 1.54) is 23.1 Å². The smallest absolute Gasteiger partial charge is 0.0944 e. The predicted molar refractivity (Wildman–Crippen MR) is 105 cm³/mol. The highest BCUT2D eigenvalue weighted by molar-refractivity contribution is 5.34. The minimum atomic E-state index is 0.615. The lowest BCUT2D eigenvalue weighted by Crippen LogP contribution is -1.95. The van der Waals surface area contributed by atoms with Crippen molar-refractivity contribution in [3.63, 3.8) is 0 Å². The molecule has 1 rings (SSSR count). The van der Waals surface area contributed by atoms with E-state index in [0.717, 1.165) is 18.4 Å². The van der Waals surface area contributed by atoms with Gasteiger partial charge in [0.05, 0.1) is 6.07 Å². The van der Waals surface area contributed by atoms with Crippen molar-refractivity contribution in [1.29, 1.82) is 5.26 Å². The van der Waals surface area contributed by atoms with Crippen molar-refractivity contribution in [1.82, 2.24) is 0 Å². The average molecular weight is 319 g/mol. The van der Waals surface area contributed by atoms with Gasteiger partial charge in [0.2, 0.25) is 0 Å². The van der Waals surface area contributed by atoms with Gasteiger partial charge >= 0.3 is 0 Å². The fourth-order valence-corrected chi connectivity index (χ4v) is 2.42. The SMILES string of the molecule is C=C(/C=C(/C)C#N)C/C=C\C=C\Cc1cc(C(C)CC)ccc1C. The fourth-order valence-electron chi connectivity index (χ4n) is 2.42. The maximum Gasteiger partial charge on any atom is 0.0944 e. The van der Waals surface area contributed by atoms with Crippen LogP contribution in [-0.4, -0.2) is 0 Å². The summed E-state index contributed by atoms with van der Waals surface area (Å²) < 4.78 is 0. The van der Waals surface area contributed by atoms with Crippen LogP contribution in [0.25, 0.3) is 0 Å². The zero-order valence-electron chi connectivity index (χ0n) is 15.5. The Bertz CT molecular complexity index is 680. The van der Waals surface area contributed by atoms with Crippen molar-refractivity contribution in [2.45, 2.75) is 52.9 Å². The predicted octanol–water partition coefficient (Wildman–Crippen LogP) is 6.58. The number of hydrogen-bond acceptors (Lipinski definition) is 1. The molecule has 1 atom stereocenters. The molecule has 0 aromatic heterocycles. The highest BCUT2D eigenvalue weighted by Crippen LogP contribution is 2.22. The highest BCUT2D eigenvalue weighted by atomic mass is 14.2. The molecule has 0 saturated carbocycles. The molecule has 0 radical (unpaired) electrons. The molecule has 0 amide bonds. The van der Waals surface area contributed by atoms with Crippen molar-refractivity contribution >= 4 is 0 Å². The quantitative estimate of drug-likeness (QED) is 0.392. The summed E-state index contributed by atoms with van der Waals surface area (Å²) in [4.78, 5) is 0. The number of benzene rings is 1. The number of allylic oxidation sites excluding steroid dienone is 7. The van der Waals surface area contributed by atoms with Crippen molar-refractivity contribution in [3.8, 4) is 6.07 Å². The Kier molecular flexibility index (Phi) is 8.58. The fraction of sp³-hybridized carbons (Fsp3) is 0.348. The van der Waals surface area contributed by atoms with Crippen molar-refractivity contribution in [2.24, 2.45) is 0 Å². The Morgan fingerprint density at radius 3 is 2.67 bits per heavy atom. The van der Waals surface area contributed by atoms with Gasteiger partial charge in [0.15, 0.2) is 0 Å². The molecule has 0 bridgehead atoms. The number of nitriles is 1. The molecule has 1 unspecified atom stereocenters. The van der Waals surface area contributed by atoms with E-state index in [1.807, 2.05) is 6.08 Å². The molecular formula is C23H29N. The van der Waals surface area contributed by atoms with Crippen LogP contribution >= 0.6 is 0 Å². The summed E-state index contributed by atoms with van der Waals surface area (Å²) >= 11 is 0. The molecule has 24 heavy (non-hydrogen) atoms. The molecule has 0 fully saturated rings. The van der Waals surface area contributed by atoms with Crippen molar-refractivity contribution in [2.75, 3.05) is 0 Å². The Hall–Kier alpha value is -2.33. The summed E-state index contributed by atoms with van der Waals surface area (Å²) in [6, 6.07) is 8.93. The molecule has 0 N–H and O–H groups in total. The van der Waals surface area contributed by atoms with Gasteiger partial charge in [-0.15, -0.1) is 0 Å². The topological polar surface area (TPSA) is 23.8 Å². The van der Waals surface area contributed by atoms with Crippen LogP contribution in [0.5, 0.6) is 0 Å². The maximum absolute atomic E-state index is 8.74. The summed E-state index contributed by atoms with van der Waals surface area (Å²) in [6.07, 6.45) is 13.1. The van der Waals surface area contributed by atoms with E-state index >= 15 is 0 Å². The third-order valence-electron chi connectivity index (χ3n) is 4.25. The van der Waals surface area contributed by atoms with Crippen LogP contribution in [0.3, 0.4) is 0 Å². The first-order valence-corrected chi connectivity index (χ1v) is 8.65. The monoisotopic (exact) mass is 319 g/mol. The van der Waals surface area contributed by atoms with Gasteiger partial charge in [-0.1, -0.05) is 68.5 Å². The number of aryl methyl sites for hydroxylation is 1. The van der Waals surface area contributed by atoms with E-state index in [2.05, 4.69) is 75.9 Å². The van der Waals surface area contributed by atoms with Crippen LogP contribution in [-0.2, 0) is 6.42 Å². The summed E-state index contributed by atoms with van der Waals surface area (Å²) in [5.41, 5.74) is 5.82. The van der Waals surface area contributed by atoms with Crippen LogP contribution in [0.1, 0.15) is 56.2 Å². The second kappa shape index (κ2) is 10.4. The lowest BCUT2D eigenvalue weighted by Gasteiger charge is -2.12. The van der Waals surface area contributed by atoms with Crippen LogP contribution < -0.4 is 0 Å². The summed E-state index contributed by atoms with van der Waals surface area (Å²) in [7, 11) is 0. The Balaban J connectivity index is 2.57. The molecule has 1 aromatic rings. The van der Waals surface area contributed by atoms with Gasteiger partial charge in [-0.2, -0.15) is 5.26 Å². The zero-order valence-corrected chi connectivity index (χ0v) is 15.5. The number of rotatable bonds is 8. The van der Waals surface area contributed by atoms with Gasteiger partial charge < -0.3 is 0 Å². The second-order valence-corrected chi connectivity index (χ2v) is 6.36. The molecular weight excluding hydrogens is 290 g/mol. The highest BCUT2D eigenvalue weighted by Gasteiger charge is 2.04. The Morgan fingerprint density at radius 2 is 2.00 bits per heavy atom. The molecule has 1 nitrogen and oxygen atoms in total. The van der Waals surface area contributed by atoms with Gasteiger partial charge in [0.1, 0.15) is 0 Å². The summed E-state index contributed by atoms with van der Waals surface area (Å²) in [6.45, 7) is 12.4. The second-order valence-electron chi connectivity index (χ2n) is 6.36. The van der Waals surface area contributed by atoms with Crippen molar-refractivity contribution < 1.29 is 0 Å². The van der Waals surface area contributed by atoms with E-state index in [-0.39, 0.29) is 0 Å². The van der Waals surface area contributed by atoms with E-state index in [4.69, 9.17) is 5.26 Å². The van der Waals surface area contributed by atoms with E-state index in [0.29, 0.717) is 11.5 Å². The molecule has 0 saturated heterocycles. The molecule has 0 aliphatic carbocycles. The first kappa shape index (κ1) is 19.7. The first-order valence-electron chi connectivity index (χ1n) is 8.65. The first-order chi connectivity index (χ1) is 11.5. The minimum Gasteiger partial charge on any atom is -0.193 e. The maximum atomic E-state index is 8.74. The largest absolute Gasteiger partial charge is 0.193 e. The van der Waals surface area contributed by atoms with Crippen LogP contribution in [0.4, 0.5) is 0 Å². The molecule has 0 heterocycles. The number of hydrogen-bond donors (Lipinski definition) is 0. The standard InChI is InChI=1S/C23H29N/c1-6-20(4)23-14-13-21(5)22(16-23)12-10-8-7-9-11-18(2)15-19(3)17-24/h7-10,13-16,20H,2,6,11-12H2,1,3-5H3/b9-7-,10-8+,19-15-. The summed E-state index contributed by atoms with van der Waals surface area (Å²) in [5, 5.41) is 8.74. The van der Waals surface area contributed by atoms with Gasteiger partial charge in [-0.05, 0) is 61.8 Å². The number of nitrogens with zero attached hydrogens (tertiary/aromatic N) is 1. The zero-order chi connectivity index (χ0) is 17.9. The Morgan fingerprint density at radius 1 is 1.29 bits per heavy atom. The Labute approximate surface area is 147 Å². The molecule has 126 valence electrons. The molecule has 0 aliphatic heterocycles. The van der Waals surface area contributed by atoms with Gasteiger partial charge in [-0.25, -0.2) is 0 Å². The molecule has 1 heteroatoms. The van der Waals surface area contributed by atoms with Crippen LogP contribution in [0.15, 0.2) is 66.3 Å². The molecule has 0 spiro atoms. The third-order valence-corrected chi connectivity index (χ3v) is 4.25. The van der Waals surface area contributed by atoms with Crippen LogP contribution in [0.2, 0.25) is 0 Å². The lowest BCUT2D eigenvalue weighted by molar-refractivity contribution is 0.732. The van der Waals surface area contributed by atoms with E-state index in [1.54, 1.807) is 6.92 Å². The molecule has 0 aliphatic rings. The summed E-state index contributed by atoms with van der Waals surface area (Å²) in [5.74, 6) is 0.615. The van der Waals surface area contributed by atoms with Gasteiger partial charge in [0, 0.05) is 5.57 Å². The van der Waals surface area contributed by atoms with E-state index < -0.39 is 0 Å². The van der Waals surface area contributed by atoms with E-state index in [9.17, 15) is 0 Å². The normalized spacial score (nSPS) is 13.4. The van der Waals surface area contributed by atoms with Crippen molar-refractivity contribution in [3.05, 3.63) is 83.0 Å². The minimum absolute atomic E-state index is 0.615. The average Bonchev–Trinajstić information content (AvgIpc) is 2.58. The molecule has 1 aromatic carbocycles. The third kappa shape index (κ3) is 6.84.